The molecule has 0 unspecified atom stereocenters. The van der Waals surface area contributed by atoms with Crippen LogP contribution in [0.15, 0.2) is 53.4 Å². The van der Waals surface area contributed by atoms with Crippen molar-refractivity contribution in [2.45, 2.75) is 31.7 Å². The lowest BCUT2D eigenvalue weighted by molar-refractivity contribution is 0.570. The van der Waals surface area contributed by atoms with Gasteiger partial charge in [-0.15, -0.1) is 10.2 Å². The van der Waals surface area contributed by atoms with Crippen LogP contribution in [0, 0.1) is 6.92 Å². The molecule has 2 aromatic heterocycles. The number of nitrogens with zero attached hydrogens (tertiary/aromatic N) is 4. The summed E-state index contributed by atoms with van der Waals surface area (Å²) in [6.07, 6.45) is 0. The highest BCUT2D eigenvalue weighted by Crippen LogP contribution is 2.26. The Labute approximate surface area is 157 Å². The Morgan fingerprint density at radius 2 is 1.74 bits per heavy atom. The van der Waals surface area contributed by atoms with Gasteiger partial charge in [-0.1, -0.05) is 36.4 Å². The lowest BCUT2D eigenvalue weighted by Crippen LogP contribution is -2.30. The summed E-state index contributed by atoms with van der Waals surface area (Å²) in [6.45, 7) is 5.50. The molecule has 4 rings (SSSR count). The summed E-state index contributed by atoms with van der Waals surface area (Å²) < 4.78 is 29.2. The number of nitrogens with one attached hydrogen (secondary N) is 1. The molecule has 0 saturated heterocycles. The molecule has 0 radical (unpaired) electrons. The number of hydrogen-bond acceptors (Lipinski definition) is 5. The number of aromatic nitrogens is 4. The van der Waals surface area contributed by atoms with E-state index in [1.165, 1.54) is 0 Å². The van der Waals surface area contributed by atoms with Gasteiger partial charge in [0.05, 0.1) is 10.6 Å². The quantitative estimate of drug-likeness (QED) is 0.587. The maximum absolute atomic E-state index is 12.5. The summed E-state index contributed by atoms with van der Waals surface area (Å²) >= 11 is 0. The van der Waals surface area contributed by atoms with Crippen molar-refractivity contribution in [2.24, 2.45) is 0 Å². The van der Waals surface area contributed by atoms with E-state index in [0.717, 1.165) is 16.5 Å². The van der Waals surface area contributed by atoms with Crippen LogP contribution >= 0.6 is 0 Å². The van der Waals surface area contributed by atoms with E-state index in [-0.39, 0.29) is 10.9 Å². The molecule has 0 atom stereocenters. The van der Waals surface area contributed by atoms with Crippen LogP contribution in [0.2, 0.25) is 0 Å². The fourth-order valence-corrected chi connectivity index (χ4v) is 4.40. The van der Waals surface area contributed by atoms with Crippen molar-refractivity contribution >= 4 is 26.4 Å². The van der Waals surface area contributed by atoms with Crippen LogP contribution in [0.3, 0.4) is 0 Å². The Morgan fingerprint density at radius 1 is 1.00 bits per heavy atom. The zero-order valence-corrected chi connectivity index (χ0v) is 16.0. The summed E-state index contributed by atoms with van der Waals surface area (Å²) in [5, 5.41) is 15.1. The van der Waals surface area contributed by atoms with Gasteiger partial charge in [-0.05, 0) is 32.9 Å². The second-order valence-corrected chi connectivity index (χ2v) is 8.41. The van der Waals surface area contributed by atoms with Gasteiger partial charge >= 0.3 is 0 Å². The maximum atomic E-state index is 12.5. The Hall–Kier alpha value is -2.84. The van der Waals surface area contributed by atoms with Gasteiger partial charge in [0, 0.05) is 22.4 Å². The van der Waals surface area contributed by atoms with E-state index < -0.39 is 10.0 Å². The fraction of sp³-hybridized carbons (Fsp3) is 0.211. The van der Waals surface area contributed by atoms with Crippen LogP contribution in [0.25, 0.3) is 27.8 Å². The van der Waals surface area contributed by atoms with Crippen molar-refractivity contribution in [3.8, 4) is 11.4 Å². The molecule has 0 saturated carbocycles. The van der Waals surface area contributed by atoms with Gasteiger partial charge in [0.2, 0.25) is 10.0 Å². The van der Waals surface area contributed by atoms with E-state index >= 15 is 0 Å². The maximum Gasteiger partial charge on any atom is 0.240 e. The third-order valence-corrected chi connectivity index (χ3v) is 5.90. The minimum atomic E-state index is -3.60. The molecule has 0 aliphatic heterocycles. The standard InChI is InChI=1S/C19H19N5O2S/c1-12(2)23-27(25,26)15-8-6-7-14(11-15)18-20-21-19-17-10-5-4-9-16(17)13(3)22-24(18)19/h4-12,23H,1-3H3. The number of sulfonamides is 1. The summed E-state index contributed by atoms with van der Waals surface area (Å²) in [7, 11) is -3.60. The van der Waals surface area contributed by atoms with E-state index in [0.29, 0.717) is 17.0 Å². The second-order valence-electron chi connectivity index (χ2n) is 6.69. The molecule has 0 aliphatic carbocycles. The monoisotopic (exact) mass is 381 g/mol. The van der Waals surface area contributed by atoms with E-state index in [1.54, 1.807) is 42.6 Å². The summed E-state index contributed by atoms with van der Waals surface area (Å²) in [5.41, 5.74) is 2.13. The number of aryl methyl sites for hydroxylation is 1. The summed E-state index contributed by atoms with van der Waals surface area (Å²) in [4.78, 5) is 0.183. The van der Waals surface area contributed by atoms with E-state index in [9.17, 15) is 8.42 Å². The molecule has 0 bridgehead atoms. The van der Waals surface area contributed by atoms with Crippen molar-refractivity contribution < 1.29 is 8.42 Å². The van der Waals surface area contributed by atoms with Crippen LogP contribution in [0.4, 0.5) is 0 Å². The minimum absolute atomic E-state index is 0.183. The highest BCUT2D eigenvalue weighted by molar-refractivity contribution is 7.89. The Morgan fingerprint density at radius 3 is 2.48 bits per heavy atom. The van der Waals surface area contributed by atoms with Crippen molar-refractivity contribution in [3.05, 3.63) is 54.2 Å². The molecule has 0 amide bonds. The topological polar surface area (TPSA) is 89.3 Å². The van der Waals surface area contributed by atoms with Gasteiger partial charge in [0.15, 0.2) is 11.5 Å². The molecule has 27 heavy (non-hydrogen) atoms. The molecule has 4 aromatic rings. The summed E-state index contributed by atoms with van der Waals surface area (Å²) in [6, 6.07) is 14.3. The van der Waals surface area contributed by atoms with E-state index in [4.69, 9.17) is 0 Å². The Kier molecular flexibility index (Phi) is 4.16. The molecular weight excluding hydrogens is 362 g/mol. The Balaban J connectivity index is 1.90. The lowest BCUT2D eigenvalue weighted by Gasteiger charge is -2.10. The minimum Gasteiger partial charge on any atom is -0.209 e. The third-order valence-electron chi connectivity index (χ3n) is 4.24. The van der Waals surface area contributed by atoms with Crippen LogP contribution in [0.5, 0.6) is 0 Å². The molecule has 8 heteroatoms. The predicted molar refractivity (Wildman–Crippen MR) is 104 cm³/mol. The smallest absolute Gasteiger partial charge is 0.209 e. The first-order valence-electron chi connectivity index (χ1n) is 8.60. The van der Waals surface area contributed by atoms with Gasteiger partial charge in [-0.2, -0.15) is 9.61 Å². The molecule has 0 fully saturated rings. The van der Waals surface area contributed by atoms with Crippen molar-refractivity contribution in [3.63, 3.8) is 0 Å². The first kappa shape index (κ1) is 17.6. The molecular formula is C19H19N5O2S. The molecule has 2 aromatic carbocycles. The zero-order valence-electron chi connectivity index (χ0n) is 15.2. The van der Waals surface area contributed by atoms with E-state index in [2.05, 4.69) is 20.0 Å². The largest absolute Gasteiger partial charge is 0.240 e. The molecule has 1 N–H and O–H groups in total. The van der Waals surface area contributed by atoms with E-state index in [1.807, 2.05) is 31.2 Å². The van der Waals surface area contributed by atoms with Crippen molar-refractivity contribution in [1.29, 1.82) is 0 Å². The van der Waals surface area contributed by atoms with Crippen LogP contribution in [0.1, 0.15) is 19.5 Å². The predicted octanol–water partition coefficient (Wildman–Crippen LogP) is 2.94. The highest BCUT2D eigenvalue weighted by Gasteiger charge is 2.18. The first-order chi connectivity index (χ1) is 12.9. The highest BCUT2D eigenvalue weighted by atomic mass is 32.2. The zero-order chi connectivity index (χ0) is 19.2. The van der Waals surface area contributed by atoms with Gasteiger partial charge in [0.1, 0.15) is 0 Å². The summed E-state index contributed by atoms with van der Waals surface area (Å²) in [5.74, 6) is 0.500. The average Bonchev–Trinajstić information content (AvgIpc) is 3.05. The van der Waals surface area contributed by atoms with Crippen LogP contribution in [-0.4, -0.2) is 34.3 Å². The average molecular weight is 381 g/mol. The Bertz CT molecular complexity index is 1260. The molecule has 0 aliphatic rings. The van der Waals surface area contributed by atoms with Crippen molar-refractivity contribution in [2.75, 3.05) is 0 Å². The van der Waals surface area contributed by atoms with Gasteiger partial charge in [-0.25, -0.2) is 13.1 Å². The molecule has 0 spiro atoms. The SMILES string of the molecule is Cc1nn2c(-c3cccc(S(=O)(=O)NC(C)C)c3)nnc2c2ccccc12. The van der Waals surface area contributed by atoms with Crippen molar-refractivity contribution in [1.82, 2.24) is 24.5 Å². The van der Waals surface area contributed by atoms with Gasteiger partial charge in [-0.3, -0.25) is 0 Å². The number of benzene rings is 2. The normalized spacial score (nSPS) is 12.3. The van der Waals surface area contributed by atoms with Crippen LogP contribution in [-0.2, 0) is 10.0 Å². The lowest BCUT2D eigenvalue weighted by atomic mass is 10.1. The van der Waals surface area contributed by atoms with Gasteiger partial charge < -0.3 is 0 Å². The molecule has 7 nitrogen and oxygen atoms in total. The number of hydrogen-bond donors (Lipinski definition) is 1. The first-order valence-corrected chi connectivity index (χ1v) is 10.1. The third kappa shape index (κ3) is 3.07. The molecule has 2 heterocycles. The fourth-order valence-electron chi connectivity index (χ4n) is 3.10. The number of rotatable bonds is 4. The molecule has 138 valence electrons. The van der Waals surface area contributed by atoms with Gasteiger partial charge in [0.25, 0.3) is 0 Å². The number of fused-ring (bicyclic) bond motifs is 3. The second kappa shape index (κ2) is 6.40. The van der Waals surface area contributed by atoms with Crippen LogP contribution < -0.4 is 4.72 Å².